The standard InChI is InChI=1S/C63H49NO/c1-62(2,3)55-39-51(40-20-7-6-8-21-40)61(49-28-14-12-25-45(49)55)64(42-35-36-54-52(38-42)46-26-15-17-31-53(46)63(54,4)5)56-37-34-41-22-9-10-23-43(41)59(56)47-27-13-11-24-44(47)48-30-19-33-58-60(48)50-29-16-18-32-57(50)65-58/h6-39H,1-5H3. The van der Waals surface area contributed by atoms with Crippen LogP contribution in [0, 0.1) is 0 Å². The van der Waals surface area contributed by atoms with Crippen molar-refractivity contribution in [1.82, 2.24) is 0 Å². The van der Waals surface area contributed by atoms with Gasteiger partial charge in [0.25, 0.3) is 0 Å². The molecule has 0 radical (unpaired) electrons. The van der Waals surface area contributed by atoms with Crippen molar-refractivity contribution in [3.8, 4) is 44.5 Å². The van der Waals surface area contributed by atoms with Crippen LogP contribution in [-0.2, 0) is 10.8 Å². The third-order valence-electron chi connectivity index (χ3n) is 14.0. The first-order valence-electron chi connectivity index (χ1n) is 22.8. The van der Waals surface area contributed by atoms with Gasteiger partial charge in [0.15, 0.2) is 0 Å². The van der Waals surface area contributed by atoms with Gasteiger partial charge in [-0.15, -0.1) is 0 Å². The highest BCUT2D eigenvalue weighted by Gasteiger charge is 2.36. The molecule has 0 atom stereocenters. The Morgan fingerprint density at radius 2 is 1.05 bits per heavy atom. The Morgan fingerprint density at radius 3 is 1.85 bits per heavy atom. The first kappa shape index (κ1) is 39.0. The lowest BCUT2D eigenvalue weighted by atomic mass is 9.80. The molecule has 0 fully saturated rings. The Bertz CT molecular complexity index is 3680. The van der Waals surface area contributed by atoms with Crippen molar-refractivity contribution in [1.29, 1.82) is 0 Å². The van der Waals surface area contributed by atoms with E-state index in [4.69, 9.17) is 4.42 Å². The highest BCUT2D eigenvalue weighted by Crippen LogP contribution is 2.55. The largest absolute Gasteiger partial charge is 0.456 e. The van der Waals surface area contributed by atoms with Gasteiger partial charge in [-0.05, 0) is 108 Å². The summed E-state index contributed by atoms with van der Waals surface area (Å²) in [6.45, 7) is 11.7. The quantitative estimate of drug-likeness (QED) is 0.166. The lowest BCUT2D eigenvalue weighted by Gasteiger charge is -2.34. The molecule has 11 aromatic rings. The molecule has 12 rings (SSSR count). The molecule has 312 valence electrons. The number of benzene rings is 10. The molecular formula is C63H49NO. The monoisotopic (exact) mass is 835 g/mol. The summed E-state index contributed by atoms with van der Waals surface area (Å²) in [6.07, 6.45) is 0. The van der Waals surface area contributed by atoms with Crippen LogP contribution >= 0.6 is 0 Å². The average molecular weight is 836 g/mol. The van der Waals surface area contributed by atoms with Gasteiger partial charge in [-0.1, -0.05) is 204 Å². The number of nitrogens with zero attached hydrogens (tertiary/aromatic N) is 1. The lowest BCUT2D eigenvalue weighted by molar-refractivity contribution is 0.596. The van der Waals surface area contributed by atoms with Gasteiger partial charge in [-0.25, -0.2) is 0 Å². The van der Waals surface area contributed by atoms with Gasteiger partial charge in [-0.2, -0.15) is 0 Å². The molecule has 1 aromatic heterocycles. The van der Waals surface area contributed by atoms with Crippen LogP contribution < -0.4 is 4.90 Å². The van der Waals surface area contributed by atoms with Crippen LogP contribution in [0.1, 0.15) is 51.3 Å². The zero-order valence-corrected chi connectivity index (χ0v) is 37.5. The van der Waals surface area contributed by atoms with E-state index in [1.54, 1.807) is 0 Å². The van der Waals surface area contributed by atoms with Crippen molar-refractivity contribution in [3.63, 3.8) is 0 Å². The van der Waals surface area contributed by atoms with Gasteiger partial charge in [0.05, 0.1) is 11.4 Å². The second kappa shape index (κ2) is 14.7. The number of rotatable bonds is 6. The van der Waals surface area contributed by atoms with Gasteiger partial charge in [-0.3, -0.25) is 0 Å². The summed E-state index contributed by atoms with van der Waals surface area (Å²) in [5.74, 6) is 0. The Morgan fingerprint density at radius 1 is 0.431 bits per heavy atom. The summed E-state index contributed by atoms with van der Waals surface area (Å²) < 4.78 is 6.51. The molecular weight excluding hydrogens is 787 g/mol. The average Bonchev–Trinajstić information content (AvgIpc) is 3.83. The summed E-state index contributed by atoms with van der Waals surface area (Å²) in [5.41, 5.74) is 18.5. The van der Waals surface area contributed by atoms with Crippen LogP contribution in [0.15, 0.2) is 211 Å². The zero-order chi connectivity index (χ0) is 44.0. The third kappa shape index (κ3) is 6.08. The van der Waals surface area contributed by atoms with Crippen LogP contribution in [0.2, 0.25) is 0 Å². The molecule has 0 spiro atoms. The summed E-state index contributed by atoms with van der Waals surface area (Å²) in [7, 11) is 0. The van der Waals surface area contributed by atoms with E-state index in [-0.39, 0.29) is 10.8 Å². The smallest absolute Gasteiger partial charge is 0.136 e. The molecule has 0 unspecified atom stereocenters. The maximum atomic E-state index is 6.51. The fourth-order valence-electron chi connectivity index (χ4n) is 11.0. The molecule has 10 aromatic carbocycles. The first-order valence-corrected chi connectivity index (χ1v) is 22.8. The first-order chi connectivity index (χ1) is 31.7. The Hall–Kier alpha value is -7.68. The van der Waals surface area contributed by atoms with Crippen molar-refractivity contribution in [3.05, 3.63) is 223 Å². The summed E-state index contributed by atoms with van der Waals surface area (Å²) in [5, 5.41) is 7.09. The molecule has 2 nitrogen and oxygen atoms in total. The second-order valence-corrected chi connectivity index (χ2v) is 19.2. The molecule has 0 bridgehead atoms. The minimum atomic E-state index is -0.128. The minimum absolute atomic E-state index is 0.110. The van der Waals surface area contributed by atoms with Crippen LogP contribution in [0.5, 0.6) is 0 Å². The van der Waals surface area contributed by atoms with Crippen LogP contribution in [0.4, 0.5) is 17.1 Å². The van der Waals surface area contributed by atoms with Gasteiger partial charge in [0, 0.05) is 38.4 Å². The van der Waals surface area contributed by atoms with E-state index in [0.717, 1.165) is 55.7 Å². The summed E-state index contributed by atoms with van der Waals surface area (Å²) in [4.78, 5) is 2.59. The summed E-state index contributed by atoms with van der Waals surface area (Å²) >= 11 is 0. The van der Waals surface area contributed by atoms with E-state index in [1.165, 1.54) is 66.1 Å². The third-order valence-corrected chi connectivity index (χ3v) is 14.0. The molecule has 1 heterocycles. The normalized spacial score (nSPS) is 13.1. The van der Waals surface area contributed by atoms with Crippen LogP contribution in [0.25, 0.3) is 88.0 Å². The Kier molecular flexibility index (Phi) is 8.80. The zero-order valence-electron chi connectivity index (χ0n) is 37.5. The topological polar surface area (TPSA) is 16.4 Å². The highest BCUT2D eigenvalue weighted by atomic mass is 16.3. The number of para-hydroxylation sites is 1. The lowest BCUT2D eigenvalue weighted by Crippen LogP contribution is -2.17. The van der Waals surface area contributed by atoms with Crippen molar-refractivity contribution < 1.29 is 4.42 Å². The molecule has 0 N–H and O–H groups in total. The highest BCUT2D eigenvalue weighted by molar-refractivity contribution is 6.17. The van der Waals surface area contributed by atoms with Crippen molar-refractivity contribution in [2.45, 2.75) is 45.4 Å². The molecule has 0 saturated carbocycles. The number of hydrogen-bond acceptors (Lipinski definition) is 2. The van der Waals surface area contributed by atoms with E-state index < -0.39 is 0 Å². The second-order valence-electron chi connectivity index (χ2n) is 19.2. The predicted octanol–water partition coefficient (Wildman–Crippen LogP) is 18.0. The van der Waals surface area contributed by atoms with E-state index in [1.807, 2.05) is 0 Å². The molecule has 0 amide bonds. The van der Waals surface area contributed by atoms with Gasteiger partial charge < -0.3 is 9.32 Å². The van der Waals surface area contributed by atoms with Gasteiger partial charge in [0.2, 0.25) is 0 Å². The number of fused-ring (bicyclic) bond motifs is 8. The maximum absolute atomic E-state index is 6.51. The Labute approximate surface area is 381 Å². The van der Waals surface area contributed by atoms with E-state index in [2.05, 4.69) is 246 Å². The van der Waals surface area contributed by atoms with Crippen LogP contribution in [0.3, 0.4) is 0 Å². The molecule has 1 aliphatic carbocycles. The minimum Gasteiger partial charge on any atom is -0.456 e. The summed E-state index contributed by atoms with van der Waals surface area (Å²) in [6, 6.07) is 76.2. The van der Waals surface area contributed by atoms with E-state index in [9.17, 15) is 0 Å². The molecule has 65 heavy (non-hydrogen) atoms. The van der Waals surface area contributed by atoms with E-state index >= 15 is 0 Å². The molecule has 2 heteroatoms. The molecule has 1 aliphatic rings. The van der Waals surface area contributed by atoms with Gasteiger partial charge in [0.1, 0.15) is 11.2 Å². The fourth-order valence-corrected chi connectivity index (χ4v) is 11.0. The number of hydrogen-bond donors (Lipinski definition) is 0. The molecule has 0 aliphatic heterocycles. The SMILES string of the molecule is CC(C)(C)c1cc(-c2ccccc2)c(N(c2ccc3c(c2)-c2ccccc2C3(C)C)c2ccc3ccccc3c2-c2ccccc2-c2cccc3oc4ccccc4c23)c2ccccc12. The van der Waals surface area contributed by atoms with Crippen molar-refractivity contribution >= 4 is 60.5 Å². The maximum Gasteiger partial charge on any atom is 0.136 e. The number of anilines is 3. The number of furan rings is 1. The van der Waals surface area contributed by atoms with Crippen molar-refractivity contribution in [2.75, 3.05) is 4.90 Å². The molecule has 0 saturated heterocycles. The van der Waals surface area contributed by atoms with Gasteiger partial charge >= 0.3 is 0 Å². The Balaban J connectivity index is 1.24. The fraction of sp³-hybridized carbons (Fsp3) is 0.111. The predicted molar refractivity (Wildman–Crippen MR) is 276 cm³/mol. The van der Waals surface area contributed by atoms with Crippen LogP contribution in [-0.4, -0.2) is 0 Å². The van der Waals surface area contributed by atoms with Crippen molar-refractivity contribution in [2.24, 2.45) is 0 Å². The van der Waals surface area contributed by atoms with E-state index in [0.29, 0.717) is 0 Å².